The van der Waals surface area contributed by atoms with Gasteiger partial charge >= 0.3 is 5.97 Å². The third kappa shape index (κ3) is 4.95. The fraction of sp³-hybridized carbons (Fsp3) is 0.263. The predicted octanol–water partition coefficient (Wildman–Crippen LogP) is 3.42. The van der Waals surface area contributed by atoms with Crippen molar-refractivity contribution >= 4 is 17.6 Å². The van der Waals surface area contributed by atoms with Gasteiger partial charge in [0.05, 0.1) is 19.3 Å². The van der Waals surface area contributed by atoms with Crippen LogP contribution in [0.15, 0.2) is 42.5 Å². The number of carbonyl (C=O) groups is 2. The molecule has 0 saturated carbocycles. The van der Waals surface area contributed by atoms with Crippen molar-refractivity contribution in [1.82, 2.24) is 0 Å². The van der Waals surface area contributed by atoms with E-state index >= 15 is 0 Å². The summed E-state index contributed by atoms with van der Waals surface area (Å²) in [5.74, 6) is -0.839. The number of benzene rings is 2. The van der Waals surface area contributed by atoms with Crippen LogP contribution >= 0.6 is 0 Å². The summed E-state index contributed by atoms with van der Waals surface area (Å²) < 4.78 is 28.9. The van der Waals surface area contributed by atoms with Crippen LogP contribution < -0.4 is 14.8 Å². The topological polar surface area (TPSA) is 73.9 Å². The number of methoxy groups -OCH3 is 1. The summed E-state index contributed by atoms with van der Waals surface area (Å²) in [6.45, 7) is 3.64. The van der Waals surface area contributed by atoms with Gasteiger partial charge in [-0.2, -0.15) is 0 Å². The number of ether oxygens (including phenoxy) is 3. The lowest BCUT2D eigenvalue weighted by Gasteiger charge is -2.15. The van der Waals surface area contributed by atoms with E-state index in [0.717, 1.165) is 0 Å². The van der Waals surface area contributed by atoms with Crippen LogP contribution in [-0.4, -0.2) is 31.7 Å². The molecule has 1 amide bonds. The highest BCUT2D eigenvalue weighted by atomic mass is 19.1. The maximum Gasteiger partial charge on any atom is 0.339 e. The molecule has 0 aliphatic heterocycles. The first-order valence-electron chi connectivity index (χ1n) is 8.02. The Kier molecular flexibility index (Phi) is 6.54. The standard InChI is InChI=1S/C19H20FNO5/c1-4-25-17-10-13(8-9-16(17)24-3)19(23)26-12(2)18(22)21-15-7-5-6-14(20)11-15/h5-12H,4H2,1-3H3,(H,21,22)/t12-/m0/s1. The highest BCUT2D eigenvalue weighted by Crippen LogP contribution is 2.28. The van der Waals surface area contributed by atoms with E-state index < -0.39 is 23.8 Å². The van der Waals surface area contributed by atoms with Crippen molar-refractivity contribution in [3.05, 3.63) is 53.8 Å². The van der Waals surface area contributed by atoms with Gasteiger partial charge < -0.3 is 19.5 Å². The second-order valence-corrected chi connectivity index (χ2v) is 5.35. The lowest BCUT2D eigenvalue weighted by molar-refractivity contribution is -0.123. The summed E-state index contributed by atoms with van der Waals surface area (Å²) >= 11 is 0. The number of carbonyl (C=O) groups excluding carboxylic acids is 2. The number of hydrogen-bond acceptors (Lipinski definition) is 5. The zero-order valence-corrected chi connectivity index (χ0v) is 14.7. The third-order valence-corrected chi connectivity index (χ3v) is 3.44. The zero-order chi connectivity index (χ0) is 19.1. The fourth-order valence-corrected chi connectivity index (χ4v) is 2.16. The van der Waals surface area contributed by atoms with Crippen LogP contribution in [0.25, 0.3) is 0 Å². The number of hydrogen-bond donors (Lipinski definition) is 1. The van der Waals surface area contributed by atoms with Gasteiger partial charge in [0.15, 0.2) is 17.6 Å². The van der Waals surface area contributed by atoms with Crippen LogP contribution in [0.3, 0.4) is 0 Å². The Morgan fingerprint density at radius 1 is 1.15 bits per heavy atom. The smallest absolute Gasteiger partial charge is 0.339 e. The summed E-state index contributed by atoms with van der Waals surface area (Å²) in [7, 11) is 1.49. The van der Waals surface area contributed by atoms with Crippen molar-refractivity contribution in [3.63, 3.8) is 0 Å². The van der Waals surface area contributed by atoms with Crippen LogP contribution in [0.4, 0.5) is 10.1 Å². The van der Waals surface area contributed by atoms with Crippen molar-refractivity contribution in [2.75, 3.05) is 19.0 Å². The van der Waals surface area contributed by atoms with Crippen LogP contribution in [-0.2, 0) is 9.53 Å². The van der Waals surface area contributed by atoms with Crippen LogP contribution in [0, 0.1) is 5.82 Å². The third-order valence-electron chi connectivity index (χ3n) is 3.44. The normalized spacial score (nSPS) is 11.4. The molecule has 0 aliphatic rings. The molecule has 0 saturated heterocycles. The largest absolute Gasteiger partial charge is 0.493 e. The molecule has 0 fully saturated rings. The maximum atomic E-state index is 13.2. The number of nitrogens with one attached hydrogen (secondary N) is 1. The van der Waals surface area contributed by atoms with E-state index in [1.165, 1.54) is 50.4 Å². The molecule has 0 unspecified atom stereocenters. The zero-order valence-electron chi connectivity index (χ0n) is 14.7. The average molecular weight is 361 g/mol. The van der Waals surface area contributed by atoms with Crippen molar-refractivity contribution < 1.29 is 28.2 Å². The van der Waals surface area contributed by atoms with E-state index in [4.69, 9.17) is 14.2 Å². The van der Waals surface area contributed by atoms with E-state index in [-0.39, 0.29) is 11.3 Å². The van der Waals surface area contributed by atoms with Gasteiger partial charge in [-0.1, -0.05) is 6.07 Å². The van der Waals surface area contributed by atoms with Crippen LogP contribution in [0.2, 0.25) is 0 Å². The Labute approximate surface area is 150 Å². The molecule has 6 nitrogen and oxygen atoms in total. The molecule has 2 aromatic carbocycles. The summed E-state index contributed by atoms with van der Waals surface area (Å²) in [4.78, 5) is 24.4. The molecule has 138 valence electrons. The minimum Gasteiger partial charge on any atom is -0.493 e. The molecule has 1 atom stereocenters. The van der Waals surface area contributed by atoms with Crippen molar-refractivity contribution in [2.24, 2.45) is 0 Å². The minimum absolute atomic E-state index is 0.222. The molecule has 0 heterocycles. The van der Waals surface area contributed by atoms with Gasteiger partial charge in [-0.05, 0) is 50.2 Å². The van der Waals surface area contributed by atoms with E-state index in [2.05, 4.69) is 5.32 Å². The minimum atomic E-state index is -1.07. The fourth-order valence-electron chi connectivity index (χ4n) is 2.16. The monoisotopic (exact) mass is 361 g/mol. The summed E-state index contributed by atoms with van der Waals surface area (Å²) in [5.41, 5.74) is 0.501. The maximum absolute atomic E-state index is 13.2. The van der Waals surface area contributed by atoms with Crippen molar-refractivity contribution in [1.29, 1.82) is 0 Å². The highest BCUT2D eigenvalue weighted by Gasteiger charge is 2.20. The molecule has 0 aliphatic carbocycles. The van der Waals surface area contributed by atoms with E-state index in [0.29, 0.717) is 18.1 Å². The first-order chi connectivity index (χ1) is 12.4. The number of esters is 1. The quantitative estimate of drug-likeness (QED) is 0.765. The summed E-state index contributed by atoms with van der Waals surface area (Å²) in [6, 6.07) is 10.0. The highest BCUT2D eigenvalue weighted by molar-refractivity contribution is 5.97. The number of amides is 1. The van der Waals surface area contributed by atoms with Crippen LogP contribution in [0.1, 0.15) is 24.2 Å². The van der Waals surface area contributed by atoms with Gasteiger partial charge in [-0.15, -0.1) is 0 Å². The molecule has 0 bridgehead atoms. The molecular weight excluding hydrogens is 341 g/mol. The summed E-state index contributed by atoms with van der Waals surface area (Å²) in [5, 5.41) is 2.49. The van der Waals surface area contributed by atoms with Gasteiger partial charge in [-0.3, -0.25) is 4.79 Å². The molecule has 2 aromatic rings. The average Bonchev–Trinajstić information content (AvgIpc) is 2.61. The predicted molar refractivity (Wildman–Crippen MR) is 94.1 cm³/mol. The first-order valence-corrected chi connectivity index (χ1v) is 8.02. The molecule has 26 heavy (non-hydrogen) atoms. The van der Waals surface area contributed by atoms with Crippen molar-refractivity contribution in [2.45, 2.75) is 20.0 Å². The molecular formula is C19H20FNO5. The number of rotatable bonds is 7. The van der Waals surface area contributed by atoms with Gasteiger partial charge in [0, 0.05) is 5.69 Å². The molecule has 0 spiro atoms. The Bertz CT molecular complexity index is 793. The summed E-state index contributed by atoms with van der Waals surface area (Å²) in [6.07, 6.45) is -1.07. The Morgan fingerprint density at radius 2 is 1.92 bits per heavy atom. The number of anilines is 1. The van der Waals surface area contributed by atoms with Crippen molar-refractivity contribution in [3.8, 4) is 11.5 Å². The molecule has 7 heteroatoms. The molecule has 2 rings (SSSR count). The van der Waals surface area contributed by atoms with E-state index in [1.54, 1.807) is 6.07 Å². The lowest BCUT2D eigenvalue weighted by Crippen LogP contribution is -2.30. The van der Waals surface area contributed by atoms with Gasteiger partial charge in [0.25, 0.3) is 5.91 Å². The van der Waals surface area contributed by atoms with Gasteiger partial charge in [0.1, 0.15) is 5.82 Å². The SMILES string of the molecule is CCOc1cc(C(=O)O[C@@H](C)C(=O)Nc2cccc(F)c2)ccc1OC. The second kappa shape index (κ2) is 8.84. The van der Waals surface area contributed by atoms with Crippen LogP contribution in [0.5, 0.6) is 11.5 Å². The van der Waals surface area contributed by atoms with Gasteiger partial charge in [-0.25, -0.2) is 9.18 Å². The lowest BCUT2D eigenvalue weighted by atomic mass is 10.2. The van der Waals surface area contributed by atoms with E-state index in [9.17, 15) is 14.0 Å². The first kappa shape index (κ1) is 19.2. The molecule has 0 radical (unpaired) electrons. The molecule has 1 N–H and O–H groups in total. The van der Waals surface area contributed by atoms with E-state index in [1.807, 2.05) is 6.92 Å². The Balaban J connectivity index is 2.04. The number of halogens is 1. The van der Waals surface area contributed by atoms with Gasteiger partial charge in [0.2, 0.25) is 0 Å². The Morgan fingerprint density at radius 3 is 2.58 bits per heavy atom. The Hall–Kier alpha value is -3.09. The molecule has 0 aromatic heterocycles. The second-order valence-electron chi connectivity index (χ2n) is 5.35.